The molecule has 1 aromatic heterocycles. The third-order valence-corrected chi connectivity index (χ3v) is 5.52. The molecule has 0 saturated carbocycles. The van der Waals surface area contributed by atoms with Crippen molar-refractivity contribution in [2.45, 2.75) is 12.8 Å². The van der Waals surface area contributed by atoms with Gasteiger partial charge in [-0.3, -0.25) is 4.79 Å². The number of nitrogens with one attached hydrogen (secondary N) is 2. The van der Waals surface area contributed by atoms with Crippen molar-refractivity contribution in [1.82, 2.24) is 9.47 Å². The van der Waals surface area contributed by atoms with Crippen molar-refractivity contribution in [3.8, 4) is 11.4 Å². The summed E-state index contributed by atoms with van der Waals surface area (Å²) in [6.45, 7) is 1.07. The number of piperidine rings is 1. The Hall–Kier alpha value is -3.74. The highest BCUT2D eigenvalue weighted by molar-refractivity contribution is 5.94. The van der Waals surface area contributed by atoms with Crippen molar-refractivity contribution in [2.24, 2.45) is 5.92 Å². The van der Waals surface area contributed by atoms with Crippen LogP contribution in [0.3, 0.4) is 0 Å². The van der Waals surface area contributed by atoms with Gasteiger partial charge in [-0.2, -0.15) is 0 Å². The first-order valence-corrected chi connectivity index (χ1v) is 10.4. The molecule has 0 aliphatic carbocycles. The normalized spacial score (nSPS) is 14.2. The highest BCUT2D eigenvalue weighted by atomic mass is 16.5. The number of methoxy groups -OCH3 is 1. The lowest BCUT2D eigenvalue weighted by atomic mass is 9.96. The monoisotopic (exact) mass is 418 g/mol. The van der Waals surface area contributed by atoms with E-state index in [2.05, 4.69) is 10.6 Å². The molecule has 2 N–H and O–H groups in total. The lowest BCUT2D eigenvalue weighted by molar-refractivity contribution is -0.121. The number of amides is 3. The lowest BCUT2D eigenvalue weighted by Gasteiger charge is -2.31. The minimum absolute atomic E-state index is 0.0380. The number of hydrogen-bond donors (Lipinski definition) is 2. The number of para-hydroxylation sites is 2. The van der Waals surface area contributed by atoms with Crippen molar-refractivity contribution >= 4 is 23.3 Å². The minimum Gasteiger partial charge on any atom is -0.495 e. The summed E-state index contributed by atoms with van der Waals surface area (Å²) in [5.74, 6) is 0.463. The van der Waals surface area contributed by atoms with Gasteiger partial charge < -0.3 is 24.8 Å². The summed E-state index contributed by atoms with van der Waals surface area (Å²) in [6, 6.07) is 18.8. The van der Waals surface area contributed by atoms with Crippen molar-refractivity contribution in [3.05, 3.63) is 73.1 Å². The zero-order chi connectivity index (χ0) is 21.6. The Morgan fingerprint density at radius 2 is 1.68 bits per heavy atom. The average molecular weight is 418 g/mol. The second kappa shape index (κ2) is 9.38. The zero-order valence-corrected chi connectivity index (χ0v) is 17.5. The summed E-state index contributed by atoms with van der Waals surface area (Å²) in [6.07, 6.45) is 5.17. The number of carbonyl (C=O) groups is 2. The summed E-state index contributed by atoms with van der Waals surface area (Å²) in [7, 11) is 1.58. The van der Waals surface area contributed by atoms with Crippen LogP contribution in [-0.2, 0) is 4.79 Å². The number of likely N-dealkylation sites (tertiary alicyclic amines) is 1. The molecule has 0 unspecified atom stereocenters. The van der Waals surface area contributed by atoms with E-state index in [1.807, 2.05) is 77.6 Å². The molecule has 0 bridgehead atoms. The number of hydrogen-bond acceptors (Lipinski definition) is 3. The van der Waals surface area contributed by atoms with Crippen molar-refractivity contribution in [3.63, 3.8) is 0 Å². The number of aromatic nitrogens is 1. The number of rotatable bonds is 5. The van der Waals surface area contributed by atoms with Crippen molar-refractivity contribution < 1.29 is 14.3 Å². The molecule has 0 radical (unpaired) electrons. The predicted molar refractivity (Wildman–Crippen MR) is 121 cm³/mol. The van der Waals surface area contributed by atoms with Gasteiger partial charge in [-0.05, 0) is 55.3 Å². The maximum absolute atomic E-state index is 12.7. The molecule has 1 aliphatic rings. The van der Waals surface area contributed by atoms with Gasteiger partial charge in [0, 0.05) is 42.8 Å². The quantitative estimate of drug-likeness (QED) is 0.646. The van der Waals surface area contributed by atoms with Crippen LogP contribution in [-0.4, -0.2) is 41.6 Å². The molecule has 4 rings (SSSR count). The van der Waals surface area contributed by atoms with E-state index in [0.29, 0.717) is 37.4 Å². The highest BCUT2D eigenvalue weighted by Gasteiger charge is 2.28. The molecular formula is C24H26N4O3. The predicted octanol–water partition coefficient (Wildman–Crippen LogP) is 4.37. The van der Waals surface area contributed by atoms with E-state index >= 15 is 0 Å². The van der Waals surface area contributed by atoms with Crippen LogP contribution in [0.1, 0.15) is 12.8 Å². The van der Waals surface area contributed by atoms with E-state index < -0.39 is 0 Å². The largest absolute Gasteiger partial charge is 0.495 e. The second-order valence-electron chi connectivity index (χ2n) is 7.52. The third-order valence-electron chi connectivity index (χ3n) is 5.52. The number of ether oxygens (including phenoxy) is 1. The maximum Gasteiger partial charge on any atom is 0.321 e. The molecule has 3 amide bonds. The van der Waals surface area contributed by atoms with Crippen molar-refractivity contribution in [2.75, 3.05) is 30.8 Å². The van der Waals surface area contributed by atoms with Crippen LogP contribution in [0.25, 0.3) is 5.69 Å². The summed E-state index contributed by atoms with van der Waals surface area (Å²) >= 11 is 0. The standard InChI is InChI=1S/C24H26N4O3/c1-31-22-10-3-2-9-21(22)26-23(29)18-11-15-28(16-12-18)24(30)25-19-7-6-8-20(17-19)27-13-4-5-14-27/h2-10,13-14,17-18H,11-12,15-16H2,1H3,(H,25,30)(H,26,29). The number of anilines is 2. The van der Waals surface area contributed by atoms with Crippen LogP contribution in [0.15, 0.2) is 73.1 Å². The van der Waals surface area contributed by atoms with Gasteiger partial charge in [-0.1, -0.05) is 18.2 Å². The summed E-state index contributed by atoms with van der Waals surface area (Å²) in [5, 5.41) is 5.92. The molecule has 1 aliphatic heterocycles. The van der Waals surface area contributed by atoms with E-state index in [1.54, 1.807) is 12.0 Å². The maximum atomic E-state index is 12.7. The summed E-state index contributed by atoms with van der Waals surface area (Å²) in [5.41, 5.74) is 2.39. The van der Waals surface area contributed by atoms with E-state index in [1.165, 1.54) is 0 Å². The van der Waals surface area contributed by atoms with Crippen LogP contribution >= 0.6 is 0 Å². The van der Waals surface area contributed by atoms with Gasteiger partial charge >= 0.3 is 6.03 Å². The highest BCUT2D eigenvalue weighted by Crippen LogP contribution is 2.26. The Labute approximate surface area is 181 Å². The Morgan fingerprint density at radius 3 is 2.42 bits per heavy atom. The molecule has 0 spiro atoms. The number of benzene rings is 2. The van der Waals surface area contributed by atoms with Crippen LogP contribution in [0.4, 0.5) is 16.2 Å². The van der Waals surface area contributed by atoms with E-state index in [9.17, 15) is 9.59 Å². The fourth-order valence-electron chi connectivity index (χ4n) is 3.78. The first-order chi connectivity index (χ1) is 15.1. The molecule has 7 nitrogen and oxygen atoms in total. The van der Waals surface area contributed by atoms with Gasteiger partial charge in [-0.15, -0.1) is 0 Å². The molecule has 2 aromatic carbocycles. The second-order valence-corrected chi connectivity index (χ2v) is 7.52. The van der Waals surface area contributed by atoms with Crippen LogP contribution < -0.4 is 15.4 Å². The van der Waals surface area contributed by atoms with Crippen LogP contribution in [0.5, 0.6) is 5.75 Å². The molecule has 7 heteroatoms. The van der Waals surface area contributed by atoms with Gasteiger partial charge in [0.25, 0.3) is 0 Å². The van der Waals surface area contributed by atoms with Gasteiger partial charge in [-0.25, -0.2) is 4.79 Å². The summed E-state index contributed by atoms with van der Waals surface area (Å²) < 4.78 is 7.28. The molecule has 3 aromatic rings. The molecule has 1 fully saturated rings. The molecule has 160 valence electrons. The van der Waals surface area contributed by atoms with Gasteiger partial charge in [0.05, 0.1) is 12.8 Å². The molecule has 0 atom stereocenters. The van der Waals surface area contributed by atoms with Gasteiger partial charge in [0.2, 0.25) is 5.91 Å². The zero-order valence-electron chi connectivity index (χ0n) is 17.5. The molecule has 2 heterocycles. The number of nitrogens with zero attached hydrogens (tertiary/aromatic N) is 2. The molecule has 1 saturated heterocycles. The first kappa shape index (κ1) is 20.5. The van der Waals surface area contributed by atoms with E-state index in [0.717, 1.165) is 11.4 Å². The van der Waals surface area contributed by atoms with E-state index in [4.69, 9.17) is 4.74 Å². The molecule has 31 heavy (non-hydrogen) atoms. The topological polar surface area (TPSA) is 75.6 Å². The Balaban J connectivity index is 1.31. The fraction of sp³-hybridized carbons (Fsp3) is 0.250. The van der Waals surface area contributed by atoms with E-state index in [-0.39, 0.29) is 17.9 Å². The Bertz CT molecular complexity index is 1040. The smallest absolute Gasteiger partial charge is 0.321 e. The Kier molecular flexibility index (Phi) is 6.21. The number of urea groups is 1. The number of carbonyl (C=O) groups excluding carboxylic acids is 2. The third kappa shape index (κ3) is 4.88. The Morgan fingerprint density at radius 1 is 0.935 bits per heavy atom. The minimum atomic E-state index is -0.145. The SMILES string of the molecule is COc1ccccc1NC(=O)C1CCN(C(=O)Nc2cccc(-n3cccc3)c2)CC1. The van der Waals surface area contributed by atoms with Gasteiger partial charge in [0.1, 0.15) is 5.75 Å². The van der Waals surface area contributed by atoms with Crippen molar-refractivity contribution in [1.29, 1.82) is 0 Å². The fourth-order valence-corrected chi connectivity index (χ4v) is 3.78. The van der Waals surface area contributed by atoms with Crippen LogP contribution in [0.2, 0.25) is 0 Å². The summed E-state index contributed by atoms with van der Waals surface area (Å²) in [4.78, 5) is 27.1. The molecular weight excluding hydrogens is 392 g/mol. The lowest BCUT2D eigenvalue weighted by Crippen LogP contribution is -2.43. The first-order valence-electron chi connectivity index (χ1n) is 10.4. The van der Waals surface area contributed by atoms with Gasteiger partial charge in [0.15, 0.2) is 0 Å². The average Bonchev–Trinajstić information content (AvgIpc) is 3.35. The van der Waals surface area contributed by atoms with Crippen LogP contribution in [0, 0.1) is 5.92 Å².